The number of aromatic nitrogens is 1. The van der Waals surface area contributed by atoms with E-state index in [0.29, 0.717) is 6.54 Å². The molecule has 1 heterocycles. The van der Waals surface area contributed by atoms with Crippen molar-refractivity contribution < 1.29 is 4.74 Å². The van der Waals surface area contributed by atoms with Gasteiger partial charge in [0.1, 0.15) is 10.8 Å². The monoisotopic (exact) mass is 248 g/mol. The zero-order valence-electron chi connectivity index (χ0n) is 10.1. The van der Waals surface area contributed by atoms with Gasteiger partial charge in [0.15, 0.2) is 0 Å². The van der Waals surface area contributed by atoms with Gasteiger partial charge in [0.2, 0.25) is 0 Å². The molecule has 1 aromatic carbocycles. The van der Waals surface area contributed by atoms with Crippen LogP contribution in [0, 0.1) is 0 Å². The van der Waals surface area contributed by atoms with E-state index in [1.807, 2.05) is 17.5 Å². The number of aryl methyl sites for hydroxylation is 1. The standard InChI is InChI=1S/C13H16N2OS/c1-3-9-6-10(4-5-12(9)16-2)11-8-17-13(7-14)15-11/h4-6,8H,3,7,14H2,1-2H3. The van der Waals surface area contributed by atoms with E-state index in [9.17, 15) is 0 Å². The zero-order valence-corrected chi connectivity index (χ0v) is 10.9. The van der Waals surface area contributed by atoms with Crippen LogP contribution in [0.3, 0.4) is 0 Å². The van der Waals surface area contributed by atoms with Crippen LogP contribution in [0.25, 0.3) is 11.3 Å². The van der Waals surface area contributed by atoms with E-state index >= 15 is 0 Å². The van der Waals surface area contributed by atoms with E-state index in [4.69, 9.17) is 10.5 Å². The van der Waals surface area contributed by atoms with E-state index in [2.05, 4.69) is 18.0 Å². The van der Waals surface area contributed by atoms with Crippen LogP contribution in [0.2, 0.25) is 0 Å². The molecule has 0 saturated carbocycles. The molecule has 0 saturated heterocycles. The Balaban J connectivity index is 2.38. The normalized spacial score (nSPS) is 10.5. The van der Waals surface area contributed by atoms with E-state index in [0.717, 1.165) is 28.4 Å². The number of ether oxygens (including phenoxy) is 1. The Morgan fingerprint density at radius 3 is 2.82 bits per heavy atom. The summed E-state index contributed by atoms with van der Waals surface area (Å²) in [6, 6.07) is 6.16. The molecule has 0 aliphatic carbocycles. The number of nitrogens with two attached hydrogens (primary N) is 1. The summed E-state index contributed by atoms with van der Waals surface area (Å²) in [5, 5.41) is 3.01. The lowest BCUT2D eigenvalue weighted by atomic mass is 10.1. The topological polar surface area (TPSA) is 48.1 Å². The Bertz CT molecular complexity index is 508. The van der Waals surface area contributed by atoms with Gasteiger partial charge in [-0.15, -0.1) is 11.3 Å². The highest BCUT2D eigenvalue weighted by Gasteiger charge is 2.07. The highest BCUT2D eigenvalue weighted by atomic mass is 32.1. The van der Waals surface area contributed by atoms with Crippen LogP contribution >= 0.6 is 11.3 Å². The molecule has 0 bridgehead atoms. The van der Waals surface area contributed by atoms with Gasteiger partial charge >= 0.3 is 0 Å². The molecule has 2 rings (SSSR count). The summed E-state index contributed by atoms with van der Waals surface area (Å²) in [4.78, 5) is 4.48. The quantitative estimate of drug-likeness (QED) is 0.905. The SMILES string of the molecule is CCc1cc(-c2csc(CN)n2)ccc1OC. The molecular formula is C13H16N2OS. The Morgan fingerprint density at radius 2 is 2.24 bits per heavy atom. The van der Waals surface area contributed by atoms with Gasteiger partial charge in [-0.05, 0) is 30.2 Å². The molecule has 2 aromatic rings. The maximum Gasteiger partial charge on any atom is 0.122 e. The fraction of sp³-hybridized carbons (Fsp3) is 0.308. The molecule has 1 aromatic heterocycles. The van der Waals surface area contributed by atoms with Gasteiger partial charge in [0, 0.05) is 17.5 Å². The van der Waals surface area contributed by atoms with Crippen LogP contribution in [-0.4, -0.2) is 12.1 Å². The molecule has 0 amide bonds. The molecular weight excluding hydrogens is 232 g/mol. The first-order valence-corrected chi connectivity index (χ1v) is 6.48. The van der Waals surface area contributed by atoms with Crippen LogP contribution in [0.4, 0.5) is 0 Å². The van der Waals surface area contributed by atoms with Crippen molar-refractivity contribution in [1.82, 2.24) is 4.98 Å². The van der Waals surface area contributed by atoms with E-state index < -0.39 is 0 Å². The summed E-state index contributed by atoms with van der Waals surface area (Å²) in [5.41, 5.74) is 8.89. The smallest absolute Gasteiger partial charge is 0.122 e. The predicted molar refractivity (Wildman–Crippen MR) is 71.4 cm³/mol. The molecule has 0 unspecified atom stereocenters. The van der Waals surface area contributed by atoms with Crippen LogP contribution in [-0.2, 0) is 13.0 Å². The maximum atomic E-state index is 5.57. The second kappa shape index (κ2) is 5.29. The van der Waals surface area contributed by atoms with Crippen molar-refractivity contribution in [3.8, 4) is 17.0 Å². The summed E-state index contributed by atoms with van der Waals surface area (Å²) in [6.07, 6.45) is 0.949. The van der Waals surface area contributed by atoms with Crippen molar-refractivity contribution in [2.24, 2.45) is 5.73 Å². The van der Waals surface area contributed by atoms with Crippen molar-refractivity contribution in [3.05, 3.63) is 34.2 Å². The van der Waals surface area contributed by atoms with Gasteiger partial charge in [-0.1, -0.05) is 6.92 Å². The minimum absolute atomic E-state index is 0.501. The predicted octanol–water partition coefficient (Wildman–Crippen LogP) is 2.84. The van der Waals surface area contributed by atoms with Gasteiger partial charge in [0.25, 0.3) is 0 Å². The summed E-state index contributed by atoms with van der Waals surface area (Å²) >= 11 is 1.60. The zero-order chi connectivity index (χ0) is 12.3. The molecule has 17 heavy (non-hydrogen) atoms. The number of methoxy groups -OCH3 is 1. The Morgan fingerprint density at radius 1 is 1.41 bits per heavy atom. The van der Waals surface area contributed by atoms with Crippen LogP contribution in [0.1, 0.15) is 17.5 Å². The summed E-state index contributed by atoms with van der Waals surface area (Å²) in [5.74, 6) is 0.936. The van der Waals surface area contributed by atoms with E-state index in [1.54, 1.807) is 18.4 Å². The van der Waals surface area contributed by atoms with E-state index in [1.165, 1.54) is 5.56 Å². The fourth-order valence-corrected chi connectivity index (χ4v) is 2.44. The number of hydrogen-bond donors (Lipinski definition) is 1. The Kier molecular flexibility index (Phi) is 3.76. The first-order chi connectivity index (χ1) is 8.28. The molecule has 90 valence electrons. The number of thiazole rings is 1. The fourth-order valence-electron chi connectivity index (χ4n) is 1.75. The molecule has 0 aliphatic rings. The third-order valence-corrected chi connectivity index (χ3v) is 3.55. The van der Waals surface area contributed by atoms with Gasteiger partial charge in [0.05, 0.1) is 12.8 Å². The van der Waals surface area contributed by atoms with E-state index in [-0.39, 0.29) is 0 Å². The molecule has 0 fully saturated rings. The molecule has 0 atom stereocenters. The lowest BCUT2D eigenvalue weighted by Crippen LogP contribution is -1.95. The van der Waals surface area contributed by atoms with Crippen molar-refractivity contribution >= 4 is 11.3 Å². The maximum absolute atomic E-state index is 5.57. The van der Waals surface area contributed by atoms with Crippen molar-refractivity contribution in [2.45, 2.75) is 19.9 Å². The highest BCUT2D eigenvalue weighted by molar-refractivity contribution is 7.09. The van der Waals surface area contributed by atoms with Crippen molar-refractivity contribution in [3.63, 3.8) is 0 Å². The molecule has 0 aliphatic heterocycles. The Hall–Kier alpha value is -1.39. The second-order valence-corrected chi connectivity index (χ2v) is 4.65. The average Bonchev–Trinajstić information content (AvgIpc) is 2.86. The second-order valence-electron chi connectivity index (χ2n) is 3.71. The summed E-state index contributed by atoms with van der Waals surface area (Å²) in [6.45, 7) is 2.62. The molecule has 3 nitrogen and oxygen atoms in total. The lowest BCUT2D eigenvalue weighted by molar-refractivity contribution is 0.410. The molecule has 0 spiro atoms. The molecule has 4 heteroatoms. The van der Waals surface area contributed by atoms with Gasteiger partial charge in [-0.25, -0.2) is 4.98 Å². The minimum atomic E-state index is 0.501. The largest absolute Gasteiger partial charge is 0.496 e. The molecule has 2 N–H and O–H groups in total. The van der Waals surface area contributed by atoms with Crippen molar-refractivity contribution in [1.29, 1.82) is 0 Å². The first-order valence-electron chi connectivity index (χ1n) is 5.60. The number of rotatable bonds is 4. The van der Waals surface area contributed by atoms with Crippen molar-refractivity contribution in [2.75, 3.05) is 7.11 Å². The van der Waals surface area contributed by atoms with Crippen LogP contribution in [0.5, 0.6) is 5.75 Å². The minimum Gasteiger partial charge on any atom is -0.496 e. The van der Waals surface area contributed by atoms with Crippen LogP contribution in [0.15, 0.2) is 23.6 Å². The number of nitrogens with zero attached hydrogens (tertiary/aromatic N) is 1. The van der Waals surface area contributed by atoms with Crippen LogP contribution < -0.4 is 10.5 Å². The van der Waals surface area contributed by atoms with Gasteiger partial charge < -0.3 is 10.5 Å². The summed E-state index contributed by atoms with van der Waals surface area (Å²) in [7, 11) is 1.70. The molecule has 0 radical (unpaired) electrons. The lowest BCUT2D eigenvalue weighted by Gasteiger charge is -2.07. The van der Waals surface area contributed by atoms with Gasteiger partial charge in [-0.2, -0.15) is 0 Å². The third kappa shape index (κ3) is 2.48. The Labute approximate surface area is 105 Å². The average molecular weight is 248 g/mol. The first kappa shape index (κ1) is 12.1. The highest BCUT2D eigenvalue weighted by Crippen LogP contribution is 2.27. The number of hydrogen-bond acceptors (Lipinski definition) is 4. The third-order valence-electron chi connectivity index (χ3n) is 2.68. The summed E-state index contributed by atoms with van der Waals surface area (Å²) < 4.78 is 5.32. The number of benzene rings is 1. The van der Waals surface area contributed by atoms with Gasteiger partial charge in [-0.3, -0.25) is 0 Å².